The zero-order chi connectivity index (χ0) is 15.2. The number of aromatic amines is 1. The highest BCUT2D eigenvalue weighted by molar-refractivity contribution is 5.92. The maximum atomic E-state index is 11.9. The summed E-state index contributed by atoms with van der Waals surface area (Å²) < 4.78 is 6.40. The van der Waals surface area contributed by atoms with Crippen molar-refractivity contribution in [3.05, 3.63) is 57.4 Å². The van der Waals surface area contributed by atoms with Crippen LogP contribution in [0.4, 0.5) is 5.69 Å². The van der Waals surface area contributed by atoms with Crippen molar-refractivity contribution in [1.29, 1.82) is 0 Å². The van der Waals surface area contributed by atoms with Gasteiger partial charge in [0.1, 0.15) is 5.75 Å². The van der Waals surface area contributed by atoms with E-state index < -0.39 is 11.2 Å². The zero-order valence-electron chi connectivity index (χ0n) is 11.5. The first-order valence-corrected chi connectivity index (χ1v) is 6.33. The van der Waals surface area contributed by atoms with Crippen LogP contribution in [0.15, 0.2) is 46.1 Å². The van der Waals surface area contributed by atoms with Crippen LogP contribution in [-0.4, -0.2) is 22.6 Å². The Balaban J connectivity index is 1.99. The third-order valence-electron chi connectivity index (χ3n) is 2.86. The molecule has 0 spiro atoms. The largest absolute Gasteiger partial charge is 0.495 e. The van der Waals surface area contributed by atoms with Crippen LogP contribution in [0.2, 0.25) is 0 Å². The molecule has 2 N–H and O–H groups in total. The van der Waals surface area contributed by atoms with E-state index in [2.05, 4.69) is 10.3 Å². The second-order valence-electron chi connectivity index (χ2n) is 4.30. The van der Waals surface area contributed by atoms with Crippen LogP contribution < -0.4 is 21.3 Å². The van der Waals surface area contributed by atoms with Gasteiger partial charge in [0.15, 0.2) is 0 Å². The molecule has 0 saturated heterocycles. The molecule has 0 bridgehead atoms. The van der Waals surface area contributed by atoms with Gasteiger partial charge in [0, 0.05) is 25.2 Å². The minimum Gasteiger partial charge on any atom is -0.495 e. The molecule has 21 heavy (non-hydrogen) atoms. The number of rotatable bonds is 5. The number of para-hydroxylation sites is 2. The molecule has 1 amide bonds. The van der Waals surface area contributed by atoms with Crippen LogP contribution in [0.25, 0.3) is 0 Å². The highest BCUT2D eigenvalue weighted by Crippen LogP contribution is 2.22. The number of carbonyl (C=O) groups is 1. The summed E-state index contributed by atoms with van der Waals surface area (Å²) in [4.78, 5) is 36.4. The summed E-state index contributed by atoms with van der Waals surface area (Å²) in [6.45, 7) is 0.177. The molecule has 7 nitrogen and oxygen atoms in total. The standard InChI is InChI=1S/C14H15N3O4/c1-21-11-5-3-2-4-10(11)15-12(18)6-8-17-9-7-13(19)16-14(17)20/h2-5,7,9H,6,8H2,1H3,(H,15,18)(H,16,19,20). The predicted molar refractivity (Wildman–Crippen MR) is 77.6 cm³/mol. The van der Waals surface area contributed by atoms with Crippen molar-refractivity contribution < 1.29 is 9.53 Å². The summed E-state index contributed by atoms with van der Waals surface area (Å²) in [5, 5.41) is 2.71. The summed E-state index contributed by atoms with van der Waals surface area (Å²) in [6.07, 6.45) is 1.46. The average Bonchev–Trinajstić information content (AvgIpc) is 2.47. The Morgan fingerprint density at radius 3 is 2.76 bits per heavy atom. The summed E-state index contributed by atoms with van der Waals surface area (Å²) >= 11 is 0. The number of anilines is 1. The number of nitrogens with zero attached hydrogens (tertiary/aromatic N) is 1. The van der Waals surface area contributed by atoms with Crippen LogP contribution in [0.1, 0.15) is 6.42 Å². The molecule has 2 aromatic rings. The first kappa shape index (κ1) is 14.6. The summed E-state index contributed by atoms with van der Waals surface area (Å²) in [5.41, 5.74) is -0.430. The maximum absolute atomic E-state index is 11.9. The van der Waals surface area contributed by atoms with Crippen molar-refractivity contribution in [1.82, 2.24) is 9.55 Å². The van der Waals surface area contributed by atoms with Crippen molar-refractivity contribution in [3.8, 4) is 5.75 Å². The Morgan fingerprint density at radius 1 is 1.29 bits per heavy atom. The molecule has 0 saturated carbocycles. The molecule has 110 valence electrons. The van der Waals surface area contributed by atoms with E-state index >= 15 is 0 Å². The Labute approximate surface area is 120 Å². The maximum Gasteiger partial charge on any atom is 0.328 e. The normalized spacial score (nSPS) is 10.1. The van der Waals surface area contributed by atoms with Crippen LogP contribution in [0.3, 0.4) is 0 Å². The number of methoxy groups -OCH3 is 1. The van der Waals surface area contributed by atoms with Crippen molar-refractivity contribution in [3.63, 3.8) is 0 Å². The molecule has 1 heterocycles. The van der Waals surface area contributed by atoms with Gasteiger partial charge in [0.05, 0.1) is 12.8 Å². The average molecular weight is 289 g/mol. The number of H-pyrrole nitrogens is 1. The second-order valence-corrected chi connectivity index (χ2v) is 4.30. The van der Waals surface area contributed by atoms with Gasteiger partial charge in [-0.3, -0.25) is 14.6 Å². The third-order valence-corrected chi connectivity index (χ3v) is 2.86. The van der Waals surface area contributed by atoms with E-state index in [1.54, 1.807) is 24.3 Å². The molecule has 0 aliphatic carbocycles. The van der Waals surface area contributed by atoms with Crippen LogP contribution in [0, 0.1) is 0 Å². The Hall–Kier alpha value is -2.83. The molecule has 1 aromatic carbocycles. The quantitative estimate of drug-likeness (QED) is 0.841. The minimum atomic E-state index is -0.535. The van der Waals surface area contributed by atoms with Gasteiger partial charge in [0.2, 0.25) is 5.91 Å². The fourth-order valence-electron chi connectivity index (χ4n) is 1.80. The van der Waals surface area contributed by atoms with E-state index in [4.69, 9.17) is 4.74 Å². The fourth-order valence-corrected chi connectivity index (χ4v) is 1.80. The highest BCUT2D eigenvalue weighted by Gasteiger charge is 2.07. The molecule has 0 aliphatic rings. The van der Waals surface area contributed by atoms with E-state index in [1.807, 2.05) is 0 Å². The lowest BCUT2D eigenvalue weighted by Gasteiger charge is -2.10. The molecule has 0 unspecified atom stereocenters. The highest BCUT2D eigenvalue weighted by atomic mass is 16.5. The zero-order valence-corrected chi connectivity index (χ0v) is 11.5. The lowest BCUT2D eigenvalue weighted by molar-refractivity contribution is -0.116. The van der Waals surface area contributed by atoms with Crippen molar-refractivity contribution in [2.45, 2.75) is 13.0 Å². The molecule has 0 radical (unpaired) electrons. The summed E-state index contributed by atoms with van der Waals surface area (Å²) in [7, 11) is 1.52. The van der Waals surface area contributed by atoms with Crippen molar-refractivity contribution in [2.24, 2.45) is 0 Å². The van der Waals surface area contributed by atoms with Gasteiger partial charge in [-0.05, 0) is 12.1 Å². The number of hydrogen-bond acceptors (Lipinski definition) is 4. The first-order chi connectivity index (χ1) is 10.1. The molecule has 1 aromatic heterocycles. The van der Waals surface area contributed by atoms with Gasteiger partial charge in [-0.15, -0.1) is 0 Å². The topological polar surface area (TPSA) is 93.2 Å². The number of amides is 1. The third kappa shape index (κ3) is 3.82. The Morgan fingerprint density at radius 2 is 2.05 bits per heavy atom. The molecule has 0 fully saturated rings. The van der Waals surface area contributed by atoms with Crippen LogP contribution in [-0.2, 0) is 11.3 Å². The smallest absolute Gasteiger partial charge is 0.328 e. The second kappa shape index (κ2) is 6.56. The molecule has 7 heteroatoms. The van der Waals surface area contributed by atoms with Gasteiger partial charge < -0.3 is 14.6 Å². The van der Waals surface area contributed by atoms with Gasteiger partial charge in [0.25, 0.3) is 5.56 Å². The van der Waals surface area contributed by atoms with E-state index in [1.165, 1.54) is 23.9 Å². The lowest BCUT2D eigenvalue weighted by Crippen LogP contribution is -2.29. The van der Waals surface area contributed by atoms with E-state index in [9.17, 15) is 14.4 Å². The van der Waals surface area contributed by atoms with Crippen LogP contribution >= 0.6 is 0 Å². The minimum absolute atomic E-state index is 0.101. The molecule has 0 atom stereocenters. The molecular formula is C14H15N3O4. The first-order valence-electron chi connectivity index (χ1n) is 6.33. The van der Waals surface area contributed by atoms with Crippen molar-refractivity contribution >= 4 is 11.6 Å². The lowest BCUT2D eigenvalue weighted by atomic mass is 10.3. The van der Waals surface area contributed by atoms with Gasteiger partial charge >= 0.3 is 5.69 Å². The number of hydrogen-bond donors (Lipinski definition) is 2. The Kier molecular flexibility index (Phi) is 4.55. The molecule has 0 aliphatic heterocycles. The number of aryl methyl sites for hydroxylation is 1. The Bertz CT molecular complexity index is 748. The molecule has 2 rings (SSSR count). The SMILES string of the molecule is COc1ccccc1NC(=O)CCn1ccc(=O)[nH]c1=O. The van der Waals surface area contributed by atoms with Crippen LogP contribution in [0.5, 0.6) is 5.75 Å². The van der Waals surface area contributed by atoms with E-state index in [0.717, 1.165) is 0 Å². The predicted octanol–water partition coefficient (Wildman–Crippen LogP) is 0.574. The summed E-state index contributed by atoms with van der Waals surface area (Å²) in [5.74, 6) is 0.310. The van der Waals surface area contributed by atoms with Gasteiger partial charge in [-0.1, -0.05) is 12.1 Å². The monoisotopic (exact) mass is 289 g/mol. The number of benzene rings is 1. The fraction of sp³-hybridized carbons (Fsp3) is 0.214. The van der Waals surface area contributed by atoms with Gasteiger partial charge in [-0.2, -0.15) is 0 Å². The number of nitrogens with one attached hydrogen (secondary N) is 2. The molecular weight excluding hydrogens is 274 g/mol. The van der Waals surface area contributed by atoms with Crippen molar-refractivity contribution in [2.75, 3.05) is 12.4 Å². The van der Waals surface area contributed by atoms with E-state index in [0.29, 0.717) is 11.4 Å². The van der Waals surface area contributed by atoms with Gasteiger partial charge in [-0.25, -0.2) is 4.79 Å². The number of aromatic nitrogens is 2. The number of carbonyl (C=O) groups excluding carboxylic acids is 1. The number of ether oxygens (including phenoxy) is 1. The summed E-state index contributed by atoms with van der Waals surface area (Å²) in [6, 6.07) is 8.28. The van der Waals surface area contributed by atoms with E-state index in [-0.39, 0.29) is 18.9 Å².